The van der Waals surface area contributed by atoms with E-state index in [9.17, 15) is 9.59 Å². The summed E-state index contributed by atoms with van der Waals surface area (Å²) in [5.41, 5.74) is 2.53. The molecule has 1 aromatic heterocycles. The maximum Gasteiger partial charge on any atom is 0.266 e. The number of amides is 2. The Morgan fingerprint density at radius 1 is 0.794 bits per heavy atom. The summed E-state index contributed by atoms with van der Waals surface area (Å²) in [4.78, 5) is 39.0. The SMILES string of the molecule is O=C1[C@@H]2[C@H](ON(c3ccccc3)[C@H]2c2cc3ccccc3nc2Cl)C(=O)N1c1ccc(Cl)cc1. The Balaban J connectivity index is 1.49. The Morgan fingerprint density at radius 3 is 2.26 bits per heavy atom. The summed E-state index contributed by atoms with van der Waals surface area (Å²) >= 11 is 12.7. The molecule has 8 heteroatoms. The lowest BCUT2D eigenvalue weighted by Crippen LogP contribution is -2.37. The molecule has 0 N–H and O–H groups in total. The van der Waals surface area contributed by atoms with Crippen LogP contribution < -0.4 is 9.96 Å². The van der Waals surface area contributed by atoms with E-state index in [1.165, 1.54) is 4.90 Å². The van der Waals surface area contributed by atoms with E-state index in [-0.39, 0.29) is 11.1 Å². The molecule has 0 saturated carbocycles. The van der Waals surface area contributed by atoms with E-state index in [1.807, 2.05) is 60.7 Å². The van der Waals surface area contributed by atoms with Gasteiger partial charge in [0.2, 0.25) is 5.91 Å². The average molecular weight is 490 g/mol. The van der Waals surface area contributed by atoms with Crippen LogP contribution in [-0.2, 0) is 14.4 Å². The van der Waals surface area contributed by atoms with Crippen molar-refractivity contribution < 1.29 is 14.4 Å². The zero-order chi connectivity index (χ0) is 23.4. The molecule has 0 spiro atoms. The summed E-state index contributed by atoms with van der Waals surface area (Å²) in [7, 11) is 0. The van der Waals surface area contributed by atoms with Crippen molar-refractivity contribution in [2.75, 3.05) is 9.96 Å². The summed E-state index contributed by atoms with van der Waals surface area (Å²) in [6.07, 6.45) is -0.990. The van der Waals surface area contributed by atoms with Crippen LogP contribution in [-0.4, -0.2) is 22.9 Å². The molecular weight excluding hydrogens is 473 g/mol. The molecule has 3 atom stereocenters. The molecule has 2 aliphatic heterocycles. The predicted molar refractivity (Wildman–Crippen MR) is 131 cm³/mol. The summed E-state index contributed by atoms with van der Waals surface area (Å²) in [5.74, 6) is -1.58. The smallest absolute Gasteiger partial charge is 0.266 e. The molecule has 2 saturated heterocycles. The van der Waals surface area contributed by atoms with Gasteiger partial charge in [-0.2, -0.15) is 0 Å². The van der Waals surface area contributed by atoms with Gasteiger partial charge in [-0.25, -0.2) is 14.9 Å². The molecule has 0 radical (unpaired) electrons. The van der Waals surface area contributed by atoms with Crippen molar-refractivity contribution in [3.05, 3.63) is 101 Å². The zero-order valence-corrected chi connectivity index (χ0v) is 19.1. The van der Waals surface area contributed by atoms with Gasteiger partial charge in [-0.1, -0.05) is 59.6 Å². The molecule has 0 unspecified atom stereocenters. The van der Waals surface area contributed by atoms with Crippen LogP contribution in [0, 0.1) is 5.92 Å². The number of hydrogen-bond donors (Lipinski definition) is 0. The maximum absolute atomic E-state index is 13.7. The highest BCUT2D eigenvalue weighted by Gasteiger charge is 2.60. The van der Waals surface area contributed by atoms with Gasteiger partial charge in [0.25, 0.3) is 5.91 Å². The Morgan fingerprint density at radius 2 is 1.50 bits per heavy atom. The summed E-state index contributed by atoms with van der Waals surface area (Å²) in [6.45, 7) is 0. The number of benzene rings is 3. The van der Waals surface area contributed by atoms with Crippen molar-refractivity contribution >= 4 is 57.3 Å². The van der Waals surface area contributed by atoms with Crippen molar-refractivity contribution in [1.29, 1.82) is 0 Å². The lowest BCUT2D eigenvalue weighted by Gasteiger charge is -2.29. The number of carbonyl (C=O) groups is 2. The normalized spacial score (nSPS) is 22.0. The molecule has 6 nitrogen and oxygen atoms in total. The van der Waals surface area contributed by atoms with Crippen LogP contribution in [0.1, 0.15) is 11.6 Å². The highest BCUT2D eigenvalue weighted by atomic mass is 35.5. The van der Waals surface area contributed by atoms with Crippen LogP contribution >= 0.6 is 23.2 Å². The van der Waals surface area contributed by atoms with E-state index in [0.29, 0.717) is 22.0 Å². The fourth-order valence-electron chi connectivity index (χ4n) is 4.69. The van der Waals surface area contributed by atoms with Gasteiger partial charge in [0.05, 0.1) is 22.9 Å². The lowest BCUT2D eigenvalue weighted by molar-refractivity contribution is -0.126. The van der Waals surface area contributed by atoms with Crippen molar-refractivity contribution in [2.24, 2.45) is 5.92 Å². The minimum atomic E-state index is -0.990. The predicted octanol–water partition coefficient (Wildman–Crippen LogP) is 5.59. The first-order chi connectivity index (χ1) is 16.5. The highest BCUT2D eigenvalue weighted by molar-refractivity contribution is 6.31. The van der Waals surface area contributed by atoms with Gasteiger partial charge in [0.15, 0.2) is 6.10 Å². The van der Waals surface area contributed by atoms with E-state index < -0.39 is 24.0 Å². The molecule has 3 heterocycles. The van der Waals surface area contributed by atoms with Gasteiger partial charge in [0.1, 0.15) is 11.1 Å². The van der Waals surface area contributed by atoms with E-state index in [2.05, 4.69) is 4.98 Å². The first kappa shape index (κ1) is 21.1. The fraction of sp³-hybridized carbons (Fsp3) is 0.115. The third kappa shape index (κ3) is 3.26. The Bertz CT molecular complexity index is 1430. The molecular formula is C26H17Cl2N3O3. The first-order valence-corrected chi connectivity index (χ1v) is 11.5. The number of hydrogen-bond acceptors (Lipinski definition) is 5. The number of anilines is 2. The fourth-order valence-corrected chi connectivity index (χ4v) is 5.07. The second kappa shape index (κ2) is 8.09. The largest absolute Gasteiger partial charge is 0.273 e. The van der Waals surface area contributed by atoms with E-state index in [1.54, 1.807) is 29.3 Å². The van der Waals surface area contributed by atoms with Crippen LogP contribution in [0.5, 0.6) is 0 Å². The average Bonchev–Trinajstić information content (AvgIpc) is 3.36. The number of para-hydroxylation sites is 2. The third-order valence-electron chi connectivity index (χ3n) is 6.23. The summed E-state index contributed by atoms with van der Waals surface area (Å²) in [6, 6.07) is 24.8. The third-order valence-corrected chi connectivity index (χ3v) is 6.79. The Hall–Kier alpha value is -3.45. The minimum absolute atomic E-state index is 0.263. The van der Waals surface area contributed by atoms with Gasteiger partial charge in [-0.3, -0.25) is 14.4 Å². The standard InChI is InChI=1S/C26H17Cl2N3O3/c27-16-10-12-17(13-11-16)30-25(32)21-22(19-14-15-6-4-5-9-20(15)29-24(19)28)31(34-23(21)26(30)33)18-7-2-1-3-8-18/h1-14,21-23H/t21-,22-,23-/m0/s1. The van der Waals surface area contributed by atoms with Crippen molar-refractivity contribution in [2.45, 2.75) is 12.1 Å². The second-order valence-corrected chi connectivity index (χ2v) is 9.00. The van der Waals surface area contributed by atoms with Gasteiger partial charge < -0.3 is 0 Å². The van der Waals surface area contributed by atoms with Crippen molar-refractivity contribution in [3.63, 3.8) is 0 Å². The molecule has 0 bridgehead atoms. The lowest BCUT2D eigenvalue weighted by atomic mass is 9.90. The number of nitrogens with zero attached hydrogens (tertiary/aromatic N) is 3. The highest BCUT2D eigenvalue weighted by Crippen LogP contribution is 2.49. The van der Waals surface area contributed by atoms with Crippen LogP contribution in [0.3, 0.4) is 0 Å². The second-order valence-electron chi connectivity index (χ2n) is 8.21. The molecule has 6 rings (SSSR count). The van der Waals surface area contributed by atoms with Crippen LogP contribution in [0.4, 0.5) is 11.4 Å². The van der Waals surface area contributed by atoms with Crippen molar-refractivity contribution in [3.8, 4) is 0 Å². The topological polar surface area (TPSA) is 62.7 Å². The number of pyridine rings is 1. The first-order valence-electron chi connectivity index (χ1n) is 10.7. The van der Waals surface area contributed by atoms with Gasteiger partial charge in [-0.15, -0.1) is 0 Å². The molecule has 3 aromatic carbocycles. The Kier molecular flexibility index (Phi) is 5.03. The summed E-state index contributed by atoms with van der Waals surface area (Å²) in [5, 5.41) is 3.27. The number of imide groups is 1. The minimum Gasteiger partial charge on any atom is -0.273 e. The van der Waals surface area contributed by atoms with E-state index in [0.717, 1.165) is 10.9 Å². The number of halogens is 2. The molecule has 168 valence electrons. The Labute approximate surface area is 205 Å². The van der Waals surface area contributed by atoms with Crippen LogP contribution in [0.25, 0.3) is 10.9 Å². The molecule has 2 fully saturated rings. The van der Waals surface area contributed by atoms with Gasteiger partial charge >= 0.3 is 0 Å². The molecule has 34 heavy (non-hydrogen) atoms. The van der Waals surface area contributed by atoms with Crippen molar-refractivity contribution in [1.82, 2.24) is 4.98 Å². The molecule has 2 amide bonds. The number of hydroxylamine groups is 1. The van der Waals surface area contributed by atoms with Crippen LogP contribution in [0.15, 0.2) is 84.9 Å². The monoisotopic (exact) mass is 489 g/mol. The molecule has 4 aromatic rings. The molecule has 2 aliphatic rings. The van der Waals surface area contributed by atoms with Gasteiger partial charge in [-0.05, 0) is 48.5 Å². The van der Waals surface area contributed by atoms with E-state index >= 15 is 0 Å². The number of carbonyl (C=O) groups excluding carboxylic acids is 2. The van der Waals surface area contributed by atoms with E-state index in [4.69, 9.17) is 28.0 Å². The quantitative estimate of drug-likeness (QED) is 0.277. The number of fused-ring (bicyclic) bond motifs is 2. The maximum atomic E-state index is 13.7. The van der Waals surface area contributed by atoms with Gasteiger partial charge in [0, 0.05) is 16.0 Å². The number of aromatic nitrogens is 1. The number of rotatable bonds is 3. The molecule has 0 aliphatic carbocycles. The zero-order valence-electron chi connectivity index (χ0n) is 17.6. The summed E-state index contributed by atoms with van der Waals surface area (Å²) < 4.78 is 0. The van der Waals surface area contributed by atoms with Crippen LogP contribution in [0.2, 0.25) is 10.2 Å².